The fraction of sp³-hybridized carbons (Fsp3) is 0.308. The van der Waals surface area contributed by atoms with E-state index in [2.05, 4.69) is 24.3 Å². The first-order chi connectivity index (χ1) is 14.7. The summed E-state index contributed by atoms with van der Waals surface area (Å²) >= 11 is 0. The van der Waals surface area contributed by atoms with Crippen LogP contribution in [-0.2, 0) is 11.8 Å². The van der Waals surface area contributed by atoms with Crippen molar-refractivity contribution in [2.75, 3.05) is 18.0 Å². The van der Waals surface area contributed by atoms with Gasteiger partial charge in [-0.2, -0.15) is 13.2 Å². The second-order valence-corrected chi connectivity index (χ2v) is 8.57. The number of para-hydroxylation sites is 1. The number of halogens is 3. The number of alkyl halides is 3. The molecule has 1 heterocycles. The number of nitrogens with zero attached hydrogens (tertiary/aromatic N) is 1. The summed E-state index contributed by atoms with van der Waals surface area (Å²) < 4.78 is 39.5. The average Bonchev–Trinajstić information content (AvgIpc) is 3.02. The predicted molar refractivity (Wildman–Crippen MR) is 118 cm³/mol. The standard InChI is InChI=1S/C26H26F3NO/c1-18-10-12-21(13-11-18)25(15-20-7-5-6-19(2)14-20)17-30(16-24(31)26(27,28)29)23-9-4-3-8-22(23)25/h3-14,24,31H,15-17H2,1-2H3/t24-,25?/m1/s1. The Morgan fingerprint density at radius 2 is 1.65 bits per heavy atom. The number of rotatable bonds is 5. The van der Waals surface area contributed by atoms with Gasteiger partial charge in [0, 0.05) is 17.6 Å². The van der Waals surface area contributed by atoms with Crippen LogP contribution in [-0.4, -0.2) is 30.5 Å². The third-order valence-corrected chi connectivity index (χ3v) is 6.18. The third kappa shape index (κ3) is 4.19. The Balaban J connectivity index is 1.83. The van der Waals surface area contributed by atoms with E-state index in [0.717, 1.165) is 33.5 Å². The highest BCUT2D eigenvalue weighted by molar-refractivity contribution is 5.67. The van der Waals surface area contributed by atoms with Crippen molar-refractivity contribution in [2.45, 2.75) is 38.0 Å². The lowest BCUT2D eigenvalue weighted by atomic mass is 9.71. The zero-order valence-electron chi connectivity index (χ0n) is 17.7. The smallest absolute Gasteiger partial charge is 0.382 e. The van der Waals surface area contributed by atoms with Gasteiger partial charge in [-0.05, 0) is 43.0 Å². The summed E-state index contributed by atoms with van der Waals surface area (Å²) in [5.41, 5.74) is 5.71. The van der Waals surface area contributed by atoms with Gasteiger partial charge in [0.15, 0.2) is 6.10 Å². The molecule has 3 aromatic carbocycles. The van der Waals surface area contributed by atoms with Crippen molar-refractivity contribution >= 4 is 5.69 Å². The van der Waals surface area contributed by atoms with E-state index in [1.807, 2.05) is 62.4 Å². The fourth-order valence-corrected chi connectivity index (χ4v) is 4.67. The van der Waals surface area contributed by atoms with E-state index < -0.39 is 24.2 Å². The van der Waals surface area contributed by atoms with Crippen LogP contribution in [0, 0.1) is 13.8 Å². The zero-order chi connectivity index (χ0) is 22.2. The number of hydrogen-bond donors (Lipinski definition) is 1. The van der Waals surface area contributed by atoms with Crippen LogP contribution in [0.2, 0.25) is 0 Å². The lowest BCUT2D eigenvalue weighted by Gasteiger charge is -2.33. The van der Waals surface area contributed by atoms with Gasteiger partial charge in [0.2, 0.25) is 0 Å². The Bertz CT molecular complexity index is 1060. The van der Waals surface area contributed by atoms with Gasteiger partial charge in [0.1, 0.15) is 0 Å². The monoisotopic (exact) mass is 425 g/mol. The van der Waals surface area contributed by atoms with Crippen molar-refractivity contribution in [3.63, 3.8) is 0 Å². The summed E-state index contributed by atoms with van der Waals surface area (Å²) in [7, 11) is 0. The first-order valence-corrected chi connectivity index (χ1v) is 10.4. The zero-order valence-corrected chi connectivity index (χ0v) is 17.7. The van der Waals surface area contributed by atoms with E-state index in [-0.39, 0.29) is 0 Å². The predicted octanol–water partition coefficient (Wildman–Crippen LogP) is 5.58. The normalized spacial score (nSPS) is 19.4. The van der Waals surface area contributed by atoms with Gasteiger partial charge in [0.25, 0.3) is 0 Å². The number of hydrogen-bond acceptors (Lipinski definition) is 2. The number of anilines is 1. The molecule has 1 aliphatic heterocycles. The van der Waals surface area contributed by atoms with Crippen molar-refractivity contribution in [1.82, 2.24) is 0 Å². The topological polar surface area (TPSA) is 23.5 Å². The maximum absolute atomic E-state index is 13.2. The maximum Gasteiger partial charge on any atom is 0.416 e. The molecule has 0 fully saturated rings. The first-order valence-electron chi connectivity index (χ1n) is 10.4. The van der Waals surface area contributed by atoms with Gasteiger partial charge in [0.05, 0.1) is 6.54 Å². The molecule has 0 radical (unpaired) electrons. The molecule has 1 unspecified atom stereocenters. The van der Waals surface area contributed by atoms with E-state index in [1.165, 1.54) is 0 Å². The molecule has 2 atom stereocenters. The molecule has 5 heteroatoms. The molecule has 4 rings (SSSR count). The van der Waals surface area contributed by atoms with Crippen molar-refractivity contribution in [3.8, 4) is 0 Å². The fourth-order valence-electron chi connectivity index (χ4n) is 4.67. The molecule has 1 aliphatic rings. The minimum Gasteiger partial charge on any atom is -0.382 e. The summed E-state index contributed by atoms with van der Waals surface area (Å²) in [5, 5.41) is 9.81. The SMILES string of the molecule is Cc1ccc(C2(Cc3cccc(C)c3)CN(C[C@@H](O)C(F)(F)F)c3ccccc32)cc1. The second-order valence-electron chi connectivity index (χ2n) is 8.57. The van der Waals surface area contributed by atoms with Gasteiger partial charge in [-0.25, -0.2) is 0 Å². The highest BCUT2D eigenvalue weighted by Crippen LogP contribution is 2.47. The Kier molecular flexibility index (Phi) is 5.56. The molecule has 31 heavy (non-hydrogen) atoms. The minimum atomic E-state index is -4.65. The molecule has 0 aliphatic carbocycles. The molecule has 0 amide bonds. The number of aliphatic hydroxyl groups excluding tert-OH is 1. The van der Waals surface area contributed by atoms with E-state index in [1.54, 1.807) is 4.90 Å². The summed E-state index contributed by atoms with van der Waals surface area (Å²) in [4.78, 5) is 1.68. The molecule has 0 spiro atoms. The van der Waals surface area contributed by atoms with Crippen molar-refractivity contribution < 1.29 is 18.3 Å². The average molecular weight is 425 g/mol. The first kappa shape index (κ1) is 21.4. The van der Waals surface area contributed by atoms with E-state index in [4.69, 9.17) is 0 Å². The van der Waals surface area contributed by atoms with Crippen LogP contribution in [0.15, 0.2) is 72.8 Å². The van der Waals surface area contributed by atoms with Gasteiger partial charge in [-0.1, -0.05) is 77.9 Å². The largest absolute Gasteiger partial charge is 0.416 e. The highest BCUT2D eigenvalue weighted by atomic mass is 19.4. The summed E-state index contributed by atoms with van der Waals surface area (Å²) in [6.07, 6.45) is -6.39. The van der Waals surface area contributed by atoms with Gasteiger partial charge >= 0.3 is 6.18 Å². The second kappa shape index (κ2) is 8.04. The molecule has 0 aromatic heterocycles. The van der Waals surface area contributed by atoms with Crippen LogP contribution >= 0.6 is 0 Å². The molecule has 162 valence electrons. The van der Waals surface area contributed by atoms with Crippen LogP contribution < -0.4 is 4.90 Å². The van der Waals surface area contributed by atoms with Gasteiger partial charge < -0.3 is 10.0 Å². The number of β-amino-alcohol motifs (C(OH)–C–C–N with tert-alkyl or cyclic N) is 1. The Labute approximate surface area is 181 Å². The quantitative estimate of drug-likeness (QED) is 0.577. The van der Waals surface area contributed by atoms with E-state index >= 15 is 0 Å². The molecular formula is C26H26F3NO. The van der Waals surface area contributed by atoms with Crippen LogP contribution in [0.3, 0.4) is 0 Å². The number of aryl methyl sites for hydroxylation is 2. The molecule has 3 aromatic rings. The molecular weight excluding hydrogens is 399 g/mol. The molecule has 0 bridgehead atoms. The molecule has 0 saturated carbocycles. The van der Waals surface area contributed by atoms with Crippen molar-refractivity contribution in [3.05, 3.63) is 101 Å². The van der Waals surface area contributed by atoms with Crippen LogP contribution in [0.5, 0.6) is 0 Å². The van der Waals surface area contributed by atoms with Gasteiger partial charge in [-0.3, -0.25) is 0 Å². The number of aliphatic hydroxyl groups is 1. The lowest BCUT2D eigenvalue weighted by Crippen LogP contribution is -2.43. The maximum atomic E-state index is 13.2. The molecule has 0 saturated heterocycles. The summed E-state index contributed by atoms with van der Waals surface area (Å²) in [5.74, 6) is 0. The number of benzene rings is 3. The Morgan fingerprint density at radius 3 is 2.32 bits per heavy atom. The third-order valence-electron chi connectivity index (χ3n) is 6.18. The van der Waals surface area contributed by atoms with Crippen LogP contribution in [0.1, 0.15) is 27.8 Å². The minimum absolute atomic E-state index is 0.372. The van der Waals surface area contributed by atoms with Crippen LogP contribution in [0.4, 0.5) is 18.9 Å². The molecule has 1 N–H and O–H groups in total. The molecule has 2 nitrogen and oxygen atoms in total. The Morgan fingerprint density at radius 1 is 0.935 bits per heavy atom. The summed E-state index contributed by atoms with van der Waals surface area (Å²) in [6, 6.07) is 24.1. The highest BCUT2D eigenvalue weighted by Gasteiger charge is 2.47. The van der Waals surface area contributed by atoms with Crippen LogP contribution in [0.25, 0.3) is 0 Å². The van der Waals surface area contributed by atoms with Gasteiger partial charge in [-0.15, -0.1) is 0 Å². The summed E-state index contributed by atoms with van der Waals surface area (Å²) in [6.45, 7) is 3.95. The van der Waals surface area contributed by atoms with Crippen molar-refractivity contribution in [2.24, 2.45) is 0 Å². The van der Waals surface area contributed by atoms with E-state index in [0.29, 0.717) is 13.0 Å². The van der Waals surface area contributed by atoms with E-state index in [9.17, 15) is 18.3 Å². The van der Waals surface area contributed by atoms with Crippen molar-refractivity contribution in [1.29, 1.82) is 0 Å². The lowest BCUT2D eigenvalue weighted by molar-refractivity contribution is -0.200. The Hall–Kier alpha value is -2.79. The number of fused-ring (bicyclic) bond motifs is 1.